The van der Waals surface area contributed by atoms with E-state index in [-0.39, 0.29) is 23.6 Å². The Morgan fingerprint density at radius 1 is 0.938 bits per heavy atom. The van der Waals surface area contributed by atoms with E-state index in [1.807, 2.05) is 0 Å². The van der Waals surface area contributed by atoms with Gasteiger partial charge in [-0.2, -0.15) is 0 Å². The zero-order chi connectivity index (χ0) is 22.9. The quantitative estimate of drug-likeness (QED) is 0.516. The summed E-state index contributed by atoms with van der Waals surface area (Å²) in [6, 6.07) is 12.2. The molecule has 3 rings (SSSR count). The number of piperazine rings is 1. The van der Waals surface area contributed by atoms with Gasteiger partial charge in [0.1, 0.15) is 23.8 Å². The largest absolute Gasteiger partial charge is 0.468 e. The van der Waals surface area contributed by atoms with E-state index in [1.165, 1.54) is 31.4 Å². The summed E-state index contributed by atoms with van der Waals surface area (Å²) in [5, 5.41) is 0. The maximum Gasteiger partial charge on any atom is 0.323 e. The van der Waals surface area contributed by atoms with Crippen molar-refractivity contribution in [3.63, 3.8) is 0 Å². The first-order valence-corrected chi connectivity index (χ1v) is 11.2. The van der Waals surface area contributed by atoms with Crippen LogP contribution in [0.5, 0.6) is 0 Å². The Morgan fingerprint density at radius 2 is 1.47 bits per heavy atom. The minimum absolute atomic E-state index is 0.162. The molecular weight excluding hydrogens is 414 g/mol. The number of rotatable bonds is 10. The zero-order valence-electron chi connectivity index (χ0n) is 18.8. The van der Waals surface area contributed by atoms with Crippen LogP contribution in [0.4, 0.5) is 8.78 Å². The third kappa shape index (κ3) is 6.58. The van der Waals surface area contributed by atoms with Crippen LogP contribution < -0.4 is 0 Å². The van der Waals surface area contributed by atoms with Crippen molar-refractivity contribution in [2.45, 2.75) is 31.9 Å². The second-order valence-electron chi connectivity index (χ2n) is 8.06. The minimum atomic E-state index is -0.397. The van der Waals surface area contributed by atoms with Gasteiger partial charge < -0.3 is 9.47 Å². The van der Waals surface area contributed by atoms with Crippen molar-refractivity contribution < 1.29 is 23.0 Å². The predicted octanol–water partition coefficient (Wildman–Crippen LogP) is 4.03. The van der Waals surface area contributed by atoms with Crippen molar-refractivity contribution in [2.75, 3.05) is 46.4 Å². The number of nitrogens with zero attached hydrogens (tertiary/aromatic N) is 2. The SMILES string of the molecule is CCCC(C(=O)OC)N1CCN(CCOC(c2ccc(F)cc2)c2ccc(F)cc2)CC1. The molecule has 1 aliphatic rings. The molecule has 0 saturated carbocycles. The number of carbonyl (C=O) groups is 1. The van der Waals surface area contributed by atoms with Crippen molar-refractivity contribution in [1.29, 1.82) is 0 Å². The first kappa shape index (κ1) is 24.3. The number of benzene rings is 2. The third-order valence-electron chi connectivity index (χ3n) is 5.92. The van der Waals surface area contributed by atoms with E-state index in [0.29, 0.717) is 6.61 Å². The summed E-state index contributed by atoms with van der Waals surface area (Å²) < 4.78 is 37.9. The molecule has 1 aliphatic heterocycles. The molecule has 1 saturated heterocycles. The minimum Gasteiger partial charge on any atom is -0.468 e. The number of halogens is 2. The van der Waals surface area contributed by atoms with E-state index < -0.39 is 6.10 Å². The Hall–Kier alpha value is -2.35. The molecule has 0 bridgehead atoms. The first-order chi connectivity index (χ1) is 15.5. The fourth-order valence-corrected chi connectivity index (χ4v) is 4.12. The van der Waals surface area contributed by atoms with Gasteiger partial charge in [0, 0.05) is 32.7 Å². The van der Waals surface area contributed by atoms with E-state index in [9.17, 15) is 13.6 Å². The van der Waals surface area contributed by atoms with Gasteiger partial charge in [-0.15, -0.1) is 0 Å². The second kappa shape index (κ2) is 12.0. The Bertz CT molecular complexity index is 792. The topological polar surface area (TPSA) is 42.0 Å². The van der Waals surface area contributed by atoms with Gasteiger partial charge in [0.25, 0.3) is 0 Å². The third-order valence-corrected chi connectivity index (χ3v) is 5.92. The fraction of sp³-hybridized carbons (Fsp3) is 0.480. The van der Waals surface area contributed by atoms with Crippen LogP contribution in [0.2, 0.25) is 0 Å². The highest BCUT2D eigenvalue weighted by molar-refractivity contribution is 5.75. The van der Waals surface area contributed by atoms with Crippen molar-refractivity contribution in [2.24, 2.45) is 0 Å². The average molecular weight is 447 g/mol. The zero-order valence-corrected chi connectivity index (χ0v) is 18.8. The molecule has 1 heterocycles. The average Bonchev–Trinajstić information content (AvgIpc) is 2.82. The number of carbonyl (C=O) groups excluding carboxylic acids is 1. The Labute approximate surface area is 188 Å². The maximum atomic E-state index is 13.4. The predicted molar refractivity (Wildman–Crippen MR) is 119 cm³/mol. The summed E-state index contributed by atoms with van der Waals surface area (Å²) in [7, 11) is 1.44. The van der Waals surface area contributed by atoms with Crippen LogP contribution in [0.1, 0.15) is 37.0 Å². The van der Waals surface area contributed by atoms with E-state index in [4.69, 9.17) is 9.47 Å². The van der Waals surface area contributed by atoms with Gasteiger partial charge in [0.2, 0.25) is 0 Å². The molecule has 2 aromatic rings. The molecule has 174 valence electrons. The lowest BCUT2D eigenvalue weighted by atomic mass is 10.0. The fourth-order valence-electron chi connectivity index (χ4n) is 4.12. The van der Waals surface area contributed by atoms with Crippen LogP contribution in [0.25, 0.3) is 0 Å². The summed E-state index contributed by atoms with van der Waals surface area (Å²) in [5.41, 5.74) is 1.65. The normalized spacial score (nSPS) is 16.3. The van der Waals surface area contributed by atoms with Gasteiger partial charge in [0.15, 0.2) is 0 Å². The van der Waals surface area contributed by atoms with Crippen LogP contribution in [0, 0.1) is 11.6 Å². The van der Waals surface area contributed by atoms with Gasteiger partial charge in [-0.25, -0.2) is 8.78 Å². The van der Waals surface area contributed by atoms with Crippen LogP contribution in [0.3, 0.4) is 0 Å². The molecule has 0 radical (unpaired) electrons. The van der Waals surface area contributed by atoms with E-state index in [0.717, 1.165) is 56.7 Å². The van der Waals surface area contributed by atoms with Gasteiger partial charge in [-0.05, 0) is 41.8 Å². The van der Waals surface area contributed by atoms with Crippen molar-refractivity contribution >= 4 is 5.97 Å². The smallest absolute Gasteiger partial charge is 0.323 e. The van der Waals surface area contributed by atoms with Crippen molar-refractivity contribution in [3.8, 4) is 0 Å². The van der Waals surface area contributed by atoms with Gasteiger partial charge in [-0.1, -0.05) is 37.6 Å². The molecule has 0 aliphatic carbocycles. The number of hydrogen-bond donors (Lipinski definition) is 0. The van der Waals surface area contributed by atoms with E-state index in [1.54, 1.807) is 24.3 Å². The summed E-state index contributed by atoms with van der Waals surface area (Å²) >= 11 is 0. The molecule has 0 spiro atoms. The molecule has 0 N–H and O–H groups in total. The highest BCUT2D eigenvalue weighted by Gasteiger charge is 2.29. The Morgan fingerprint density at radius 3 is 1.94 bits per heavy atom. The summed E-state index contributed by atoms with van der Waals surface area (Å²) in [6.07, 6.45) is 1.33. The number of ether oxygens (including phenoxy) is 2. The van der Waals surface area contributed by atoms with Crippen LogP contribution in [0.15, 0.2) is 48.5 Å². The summed E-state index contributed by atoms with van der Waals surface area (Å²) in [4.78, 5) is 16.6. The lowest BCUT2D eigenvalue weighted by molar-refractivity contribution is -0.148. The van der Waals surface area contributed by atoms with Crippen LogP contribution in [-0.4, -0.2) is 68.3 Å². The first-order valence-electron chi connectivity index (χ1n) is 11.2. The van der Waals surface area contributed by atoms with Crippen molar-refractivity contribution in [1.82, 2.24) is 9.80 Å². The monoisotopic (exact) mass is 446 g/mol. The molecule has 5 nitrogen and oxygen atoms in total. The molecule has 1 unspecified atom stereocenters. The summed E-state index contributed by atoms with van der Waals surface area (Å²) in [6.45, 7) is 6.59. The molecule has 1 fully saturated rings. The molecular formula is C25H32F2N2O3. The van der Waals surface area contributed by atoms with E-state index >= 15 is 0 Å². The van der Waals surface area contributed by atoms with Gasteiger partial charge in [0.05, 0.1) is 13.7 Å². The Balaban J connectivity index is 1.55. The number of esters is 1. The lowest BCUT2D eigenvalue weighted by Crippen LogP contribution is -2.53. The molecule has 7 heteroatoms. The van der Waals surface area contributed by atoms with E-state index in [2.05, 4.69) is 16.7 Å². The van der Waals surface area contributed by atoms with Gasteiger partial charge >= 0.3 is 5.97 Å². The summed E-state index contributed by atoms with van der Waals surface area (Å²) in [5.74, 6) is -0.777. The Kier molecular flexibility index (Phi) is 9.14. The number of methoxy groups -OCH3 is 1. The second-order valence-corrected chi connectivity index (χ2v) is 8.06. The molecule has 1 atom stereocenters. The standard InChI is InChI=1S/C25H32F2N2O3/c1-3-4-23(25(30)31-2)29-15-13-28(14-16-29)17-18-32-24(19-5-9-21(26)10-6-19)20-7-11-22(27)12-8-20/h5-12,23-24H,3-4,13-18H2,1-2H3. The maximum absolute atomic E-state index is 13.4. The van der Waals surface area contributed by atoms with Gasteiger partial charge in [-0.3, -0.25) is 14.6 Å². The molecule has 0 amide bonds. The van der Waals surface area contributed by atoms with Crippen molar-refractivity contribution in [3.05, 3.63) is 71.3 Å². The molecule has 0 aromatic heterocycles. The highest BCUT2D eigenvalue weighted by atomic mass is 19.1. The molecule has 32 heavy (non-hydrogen) atoms. The lowest BCUT2D eigenvalue weighted by Gasteiger charge is -2.38. The number of hydrogen-bond acceptors (Lipinski definition) is 5. The van der Waals surface area contributed by atoms with Crippen LogP contribution in [-0.2, 0) is 14.3 Å². The highest BCUT2D eigenvalue weighted by Crippen LogP contribution is 2.26. The van der Waals surface area contributed by atoms with Crippen LogP contribution >= 0.6 is 0 Å². The molecule has 2 aromatic carbocycles.